The van der Waals surface area contributed by atoms with Gasteiger partial charge in [0.1, 0.15) is 17.3 Å². The van der Waals surface area contributed by atoms with Gasteiger partial charge in [0.2, 0.25) is 5.90 Å². The third-order valence-electron chi connectivity index (χ3n) is 4.43. The number of rotatable bonds is 5. The van der Waals surface area contributed by atoms with E-state index in [0.29, 0.717) is 28.2 Å². The van der Waals surface area contributed by atoms with Crippen LogP contribution in [-0.4, -0.2) is 24.9 Å². The molecule has 3 aromatic rings. The quantitative estimate of drug-likeness (QED) is 0.350. The molecule has 0 saturated heterocycles. The van der Waals surface area contributed by atoms with Crippen molar-refractivity contribution in [1.29, 1.82) is 0 Å². The minimum absolute atomic E-state index is 0.112. The number of carbonyl (C=O) groups is 2. The van der Waals surface area contributed by atoms with E-state index in [4.69, 9.17) is 14.2 Å². The van der Waals surface area contributed by atoms with Crippen molar-refractivity contribution in [2.45, 2.75) is 0 Å². The highest BCUT2D eigenvalue weighted by molar-refractivity contribution is 6.12. The summed E-state index contributed by atoms with van der Waals surface area (Å²) >= 11 is 0. The molecule has 1 heterocycles. The van der Waals surface area contributed by atoms with Crippen LogP contribution >= 0.6 is 0 Å². The normalized spacial score (nSPS) is 14.2. The predicted octanol–water partition coefficient (Wildman–Crippen LogP) is 4.40. The summed E-state index contributed by atoms with van der Waals surface area (Å²) in [6.45, 7) is 0. The fourth-order valence-electron chi connectivity index (χ4n) is 2.81. The molecule has 7 heteroatoms. The summed E-state index contributed by atoms with van der Waals surface area (Å²) in [4.78, 5) is 28.5. The summed E-state index contributed by atoms with van der Waals surface area (Å²) < 4.78 is 28.6. The molecular weight excluding hydrogens is 401 g/mol. The van der Waals surface area contributed by atoms with Gasteiger partial charge in [0.25, 0.3) is 0 Å². The van der Waals surface area contributed by atoms with Gasteiger partial charge in [0.15, 0.2) is 5.70 Å². The third kappa shape index (κ3) is 4.67. The van der Waals surface area contributed by atoms with E-state index < -0.39 is 17.8 Å². The number of halogens is 1. The first-order chi connectivity index (χ1) is 15.0. The van der Waals surface area contributed by atoms with Crippen LogP contribution in [0.5, 0.6) is 11.5 Å². The number of esters is 2. The number of carbonyl (C=O) groups excluding carboxylic acids is 2. The average Bonchev–Trinajstić information content (AvgIpc) is 3.15. The van der Waals surface area contributed by atoms with Crippen LogP contribution in [0, 0.1) is 5.82 Å². The number of nitrogens with zero attached hydrogens (tertiary/aromatic N) is 1. The maximum atomic E-state index is 13.1. The molecule has 1 aliphatic rings. The van der Waals surface area contributed by atoms with Crippen molar-refractivity contribution in [2.75, 3.05) is 7.11 Å². The Balaban J connectivity index is 1.46. The average molecular weight is 417 g/mol. The largest absolute Gasteiger partial charge is 0.497 e. The zero-order valence-electron chi connectivity index (χ0n) is 16.4. The second-order valence-electron chi connectivity index (χ2n) is 6.53. The molecule has 1 aliphatic heterocycles. The summed E-state index contributed by atoms with van der Waals surface area (Å²) in [6, 6.07) is 18.7. The Hall–Kier alpha value is -4.26. The van der Waals surface area contributed by atoms with Crippen molar-refractivity contribution < 1.29 is 28.2 Å². The van der Waals surface area contributed by atoms with Crippen LogP contribution in [0.3, 0.4) is 0 Å². The van der Waals surface area contributed by atoms with Crippen LogP contribution in [0.1, 0.15) is 21.5 Å². The van der Waals surface area contributed by atoms with E-state index in [9.17, 15) is 14.0 Å². The Labute approximate surface area is 177 Å². The minimum atomic E-state index is -0.602. The molecule has 0 fully saturated rings. The van der Waals surface area contributed by atoms with Gasteiger partial charge in [-0.2, -0.15) is 0 Å². The third-order valence-corrected chi connectivity index (χ3v) is 4.43. The number of aliphatic imine (C=N–C) groups is 1. The number of benzene rings is 3. The smallest absolute Gasteiger partial charge is 0.363 e. The Kier molecular flexibility index (Phi) is 5.57. The zero-order valence-corrected chi connectivity index (χ0v) is 16.4. The number of cyclic esters (lactones) is 1. The molecule has 6 nitrogen and oxygen atoms in total. The number of hydrogen-bond acceptors (Lipinski definition) is 6. The highest BCUT2D eigenvalue weighted by atomic mass is 19.1. The van der Waals surface area contributed by atoms with Gasteiger partial charge in [-0.25, -0.2) is 19.0 Å². The van der Waals surface area contributed by atoms with E-state index in [1.54, 1.807) is 61.7 Å². The number of ether oxygens (including phenoxy) is 3. The van der Waals surface area contributed by atoms with E-state index in [-0.39, 0.29) is 11.6 Å². The first-order valence-corrected chi connectivity index (χ1v) is 9.26. The predicted molar refractivity (Wildman–Crippen MR) is 111 cm³/mol. The fourth-order valence-corrected chi connectivity index (χ4v) is 2.81. The molecule has 0 unspecified atom stereocenters. The van der Waals surface area contributed by atoms with Gasteiger partial charge in [-0.15, -0.1) is 0 Å². The van der Waals surface area contributed by atoms with Gasteiger partial charge in [0, 0.05) is 5.56 Å². The summed E-state index contributed by atoms with van der Waals surface area (Å²) in [5.41, 5.74) is 1.67. The zero-order chi connectivity index (χ0) is 21.8. The summed E-state index contributed by atoms with van der Waals surface area (Å²) in [5.74, 6) is -0.383. The molecule has 0 amide bonds. The highest BCUT2D eigenvalue weighted by Crippen LogP contribution is 2.21. The Morgan fingerprint density at radius 3 is 2.23 bits per heavy atom. The molecule has 31 heavy (non-hydrogen) atoms. The van der Waals surface area contributed by atoms with Crippen LogP contribution in [0.25, 0.3) is 6.08 Å². The molecule has 0 radical (unpaired) electrons. The molecular formula is C24H16FNO5. The standard InChI is InChI=1S/C24H16FNO5/c1-29-19-12-6-17(7-13-19)23(27)30-20-10-2-15(3-11-20)14-21-24(28)31-22(26-21)16-4-8-18(25)9-5-16/h2-14H,1H3. The van der Waals surface area contributed by atoms with E-state index >= 15 is 0 Å². The lowest BCUT2D eigenvalue weighted by molar-refractivity contribution is -0.129. The van der Waals surface area contributed by atoms with Gasteiger partial charge in [0.05, 0.1) is 12.7 Å². The number of hydrogen-bond donors (Lipinski definition) is 0. The van der Waals surface area contributed by atoms with Crippen molar-refractivity contribution in [1.82, 2.24) is 0 Å². The van der Waals surface area contributed by atoms with Gasteiger partial charge >= 0.3 is 11.9 Å². The van der Waals surface area contributed by atoms with Crippen molar-refractivity contribution in [3.8, 4) is 11.5 Å². The SMILES string of the molecule is COc1ccc(C(=O)Oc2ccc(C=C3N=C(c4ccc(F)cc4)OC3=O)cc2)cc1. The Morgan fingerprint density at radius 2 is 1.58 bits per heavy atom. The van der Waals surface area contributed by atoms with Crippen LogP contribution in [0.15, 0.2) is 83.5 Å². The Bertz CT molecular complexity index is 1180. The minimum Gasteiger partial charge on any atom is -0.497 e. The molecule has 0 aromatic heterocycles. The Morgan fingerprint density at radius 1 is 0.935 bits per heavy atom. The van der Waals surface area contributed by atoms with Crippen LogP contribution in [-0.2, 0) is 9.53 Å². The molecule has 0 saturated carbocycles. The molecule has 4 rings (SSSR count). The van der Waals surface area contributed by atoms with Crippen molar-refractivity contribution in [3.63, 3.8) is 0 Å². The van der Waals surface area contributed by atoms with Crippen molar-refractivity contribution in [3.05, 3.63) is 101 Å². The van der Waals surface area contributed by atoms with Gasteiger partial charge in [-0.1, -0.05) is 12.1 Å². The summed E-state index contributed by atoms with van der Waals surface area (Å²) in [7, 11) is 1.55. The van der Waals surface area contributed by atoms with Gasteiger partial charge in [-0.05, 0) is 72.3 Å². The van der Waals surface area contributed by atoms with Crippen molar-refractivity contribution >= 4 is 23.9 Å². The maximum absolute atomic E-state index is 13.1. The van der Waals surface area contributed by atoms with E-state index in [2.05, 4.69) is 4.99 Å². The van der Waals surface area contributed by atoms with E-state index in [1.165, 1.54) is 24.3 Å². The van der Waals surface area contributed by atoms with Gasteiger partial charge in [-0.3, -0.25) is 0 Å². The first-order valence-electron chi connectivity index (χ1n) is 9.26. The van der Waals surface area contributed by atoms with Crippen LogP contribution in [0.2, 0.25) is 0 Å². The summed E-state index contributed by atoms with van der Waals surface area (Å²) in [6.07, 6.45) is 1.55. The van der Waals surface area contributed by atoms with E-state index in [0.717, 1.165) is 0 Å². The maximum Gasteiger partial charge on any atom is 0.363 e. The van der Waals surface area contributed by atoms with E-state index in [1.807, 2.05) is 0 Å². The lowest BCUT2D eigenvalue weighted by Gasteiger charge is -2.05. The second kappa shape index (κ2) is 8.62. The van der Waals surface area contributed by atoms with Gasteiger partial charge < -0.3 is 14.2 Å². The lowest BCUT2D eigenvalue weighted by atomic mass is 10.2. The highest BCUT2D eigenvalue weighted by Gasteiger charge is 2.24. The fraction of sp³-hybridized carbons (Fsp3) is 0.0417. The molecule has 0 N–H and O–H groups in total. The topological polar surface area (TPSA) is 74.2 Å². The molecule has 0 atom stereocenters. The monoisotopic (exact) mass is 417 g/mol. The van der Waals surface area contributed by atoms with Crippen molar-refractivity contribution in [2.24, 2.45) is 4.99 Å². The van der Waals surface area contributed by atoms with Crippen LogP contribution in [0.4, 0.5) is 4.39 Å². The lowest BCUT2D eigenvalue weighted by Crippen LogP contribution is -2.08. The second-order valence-corrected chi connectivity index (χ2v) is 6.53. The molecule has 3 aromatic carbocycles. The number of methoxy groups -OCH3 is 1. The molecule has 0 aliphatic carbocycles. The first kappa shape index (κ1) is 20.0. The molecule has 154 valence electrons. The summed E-state index contributed by atoms with van der Waals surface area (Å²) in [5, 5.41) is 0. The van der Waals surface area contributed by atoms with Crippen LogP contribution < -0.4 is 9.47 Å². The molecule has 0 spiro atoms. The molecule has 0 bridgehead atoms.